The Kier molecular flexibility index (Phi) is 5.30. The van der Waals surface area contributed by atoms with Crippen LogP contribution in [0.25, 0.3) is 0 Å². The first-order valence-corrected chi connectivity index (χ1v) is 7.17. The quantitative estimate of drug-likeness (QED) is 0.490. The van der Waals surface area contributed by atoms with Gasteiger partial charge in [-0.25, -0.2) is 0 Å². The first-order valence-electron chi connectivity index (χ1n) is 6.00. The van der Waals surface area contributed by atoms with Crippen molar-refractivity contribution in [3.8, 4) is 0 Å². The maximum atomic E-state index is 10.6. The Balaban J connectivity index is 1.95. The van der Waals surface area contributed by atoms with Crippen LogP contribution < -0.4 is 5.43 Å². The lowest BCUT2D eigenvalue weighted by molar-refractivity contribution is -0.384. The van der Waals surface area contributed by atoms with Crippen molar-refractivity contribution < 1.29 is 4.92 Å². The number of benzene rings is 2. The van der Waals surface area contributed by atoms with Crippen LogP contribution >= 0.6 is 27.5 Å². The number of rotatable bonds is 5. The Morgan fingerprint density at radius 3 is 2.62 bits per heavy atom. The average Bonchev–Trinajstić information content (AvgIpc) is 2.46. The zero-order chi connectivity index (χ0) is 15.2. The summed E-state index contributed by atoms with van der Waals surface area (Å²) < 4.78 is 0.619. The van der Waals surface area contributed by atoms with E-state index in [0.29, 0.717) is 16.0 Å². The minimum Gasteiger partial charge on any atom is -0.306 e. The zero-order valence-electron chi connectivity index (χ0n) is 10.8. The third-order valence-corrected chi connectivity index (χ3v) is 3.62. The van der Waals surface area contributed by atoms with E-state index in [1.54, 1.807) is 12.3 Å². The summed E-state index contributed by atoms with van der Waals surface area (Å²) in [4.78, 5) is 10.2. The van der Waals surface area contributed by atoms with Crippen molar-refractivity contribution in [3.63, 3.8) is 0 Å². The molecule has 21 heavy (non-hydrogen) atoms. The van der Waals surface area contributed by atoms with Crippen molar-refractivity contribution in [2.75, 3.05) is 0 Å². The second-order valence-electron chi connectivity index (χ2n) is 4.18. The van der Waals surface area contributed by atoms with E-state index in [9.17, 15) is 10.1 Å². The van der Waals surface area contributed by atoms with Crippen molar-refractivity contribution >= 4 is 39.4 Å². The van der Waals surface area contributed by atoms with Gasteiger partial charge in [-0.05, 0) is 39.7 Å². The molecule has 0 aliphatic carbocycles. The van der Waals surface area contributed by atoms with Gasteiger partial charge < -0.3 is 5.43 Å². The van der Waals surface area contributed by atoms with Crippen LogP contribution in [0.3, 0.4) is 0 Å². The molecule has 0 saturated heterocycles. The molecule has 2 rings (SSSR count). The van der Waals surface area contributed by atoms with E-state index in [1.165, 1.54) is 12.1 Å². The molecule has 0 fully saturated rings. The molecule has 0 aliphatic rings. The molecule has 0 bridgehead atoms. The molecule has 0 heterocycles. The highest BCUT2D eigenvalue weighted by molar-refractivity contribution is 9.10. The summed E-state index contributed by atoms with van der Waals surface area (Å²) in [5.74, 6) is 0. The number of nitro benzene ring substituents is 1. The summed E-state index contributed by atoms with van der Waals surface area (Å²) in [6.07, 6.45) is 1.60. The van der Waals surface area contributed by atoms with Crippen molar-refractivity contribution in [1.82, 2.24) is 5.43 Å². The van der Waals surface area contributed by atoms with Gasteiger partial charge in [0.05, 0.1) is 17.7 Å². The molecule has 0 unspecified atom stereocenters. The predicted molar refractivity (Wildman–Crippen MR) is 86.7 cm³/mol. The summed E-state index contributed by atoms with van der Waals surface area (Å²) in [5, 5.41) is 15.4. The fourth-order valence-corrected chi connectivity index (χ4v) is 2.18. The molecule has 0 saturated carbocycles. The minimum atomic E-state index is -0.440. The Morgan fingerprint density at radius 2 is 2.00 bits per heavy atom. The smallest absolute Gasteiger partial charge is 0.270 e. The van der Waals surface area contributed by atoms with Gasteiger partial charge in [-0.15, -0.1) is 0 Å². The molecule has 108 valence electrons. The fraction of sp³-hybridized carbons (Fsp3) is 0.0714. The van der Waals surface area contributed by atoms with Gasteiger partial charge in [0.2, 0.25) is 0 Å². The van der Waals surface area contributed by atoms with E-state index in [2.05, 4.69) is 26.5 Å². The van der Waals surface area contributed by atoms with Gasteiger partial charge in [0.1, 0.15) is 0 Å². The van der Waals surface area contributed by atoms with E-state index in [1.807, 2.05) is 24.3 Å². The number of halogens is 2. The number of hydrogen-bond donors (Lipinski definition) is 1. The van der Waals surface area contributed by atoms with Crippen LogP contribution in [-0.4, -0.2) is 11.1 Å². The first-order chi connectivity index (χ1) is 10.1. The topological polar surface area (TPSA) is 67.5 Å². The van der Waals surface area contributed by atoms with Gasteiger partial charge in [-0.1, -0.05) is 23.7 Å². The first kappa shape index (κ1) is 15.5. The van der Waals surface area contributed by atoms with Crippen LogP contribution in [0.5, 0.6) is 0 Å². The number of hydrazone groups is 1. The van der Waals surface area contributed by atoms with Crippen LogP contribution in [0.4, 0.5) is 5.69 Å². The Labute approximate surface area is 134 Å². The largest absolute Gasteiger partial charge is 0.306 e. The molecule has 0 aliphatic heterocycles. The van der Waals surface area contributed by atoms with E-state index >= 15 is 0 Å². The molecule has 2 aromatic carbocycles. The van der Waals surface area contributed by atoms with Crippen LogP contribution in [0.1, 0.15) is 11.1 Å². The van der Waals surface area contributed by atoms with Crippen LogP contribution in [0.15, 0.2) is 52.0 Å². The van der Waals surface area contributed by atoms with E-state index in [0.717, 1.165) is 11.1 Å². The van der Waals surface area contributed by atoms with Crippen molar-refractivity contribution in [2.24, 2.45) is 5.10 Å². The van der Waals surface area contributed by atoms with E-state index < -0.39 is 4.92 Å². The monoisotopic (exact) mass is 367 g/mol. The third-order valence-electron chi connectivity index (χ3n) is 2.69. The molecule has 0 atom stereocenters. The van der Waals surface area contributed by atoms with Gasteiger partial charge in [0.25, 0.3) is 5.69 Å². The molecule has 0 spiro atoms. The summed E-state index contributed by atoms with van der Waals surface area (Å²) in [6.45, 7) is 0.568. The van der Waals surface area contributed by atoms with Gasteiger partial charge in [-0.2, -0.15) is 5.10 Å². The molecule has 5 nitrogen and oxygen atoms in total. The standard InChI is InChI=1S/C14H11BrClN3O2/c15-14-7-13(19(20)21)6-3-11(14)9-18-17-8-10-1-4-12(16)5-2-10/h1-7,9,17H,8H2/b18-9-. The number of nitrogens with one attached hydrogen (secondary N) is 1. The average molecular weight is 369 g/mol. The van der Waals surface area contributed by atoms with Gasteiger partial charge in [-0.3, -0.25) is 10.1 Å². The van der Waals surface area contributed by atoms with E-state index in [4.69, 9.17) is 11.6 Å². The summed E-state index contributed by atoms with van der Waals surface area (Å²) in [6, 6.07) is 12.0. The molecule has 1 N–H and O–H groups in total. The third kappa shape index (κ3) is 4.54. The molecule has 0 amide bonds. The second-order valence-corrected chi connectivity index (χ2v) is 5.47. The van der Waals surface area contributed by atoms with Gasteiger partial charge in [0.15, 0.2) is 0 Å². The second kappa shape index (κ2) is 7.19. The van der Waals surface area contributed by atoms with Crippen LogP contribution in [0, 0.1) is 10.1 Å². The summed E-state index contributed by atoms with van der Waals surface area (Å²) >= 11 is 9.08. The molecule has 2 aromatic rings. The highest BCUT2D eigenvalue weighted by Crippen LogP contribution is 2.21. The minimum absolute atomic E-state index is 0.0353. The molecular formula is C14H11BrClN3O2. The Bertz CT molecular complexity index is 674. The lowest BCUT2D eigenvalue weighted by Gasteiger charge is -2.02. The lowest BCUT2D eigenvalue weighted by Crippen LogP contribution is -2.05. The fourth-order valence-electron chi connectivity index (χ4n) is 1.59. The maximum Gasteiger partial charge on any atom is 0.270 e. The maximum absolute atomic E-state index is 10.6. The molecular weight excluding hydrogens is 358 g/mol. The number of nitrogens with zero attached hydrogens (tertiary/aromatic N) is 2. The zero-order valence-corrected chi connectivity index (χ0v) is 13.1. The molecule has 7 heteroatoms. The molecule has 0 aromatic heterocycles. The summed E-state index contributed by atoms with van der Waals surface area (Å²) in [5.41, 5.74) is 4.75. The Hall–Kier alpha value is -1.92. The predicted octanol–water partition coefficient (Wildman–Crippen LogP) is 4.13. The number of non-ortho nitro benzene ring substituents is 1. The Morgan fingerprint density at radius 1 is 1.29 bits per heavy atom. The van der Waals surface area contributed by atoms with Crippen molar-refractivity contribution in [3.05, 3.63) is 73.2 Å². The SMILES string of the molecule is O=[N+]([O-])c1ccc(/C=N\NCc2ccc(Cl)cc2)c(Br)c1. The van der Waals surface area contributed by atoms with Gasteiger partial charge >= 0.3 is 0 Å². The number of hydrogen-bond acceptors (Lipinski definition) is 4. The molecule has 0 radical (unpaired) electrons. The van der Waals surface area contributed by atoms with Crippen LogP contribution in [0.2, 0.25) is 5.02 Å². The van der Waals surface area contributed by atoms with Crippen molar-refractivity contribution in [2.45, 2.75) is 6.54 Å². The van der Waals surface area contributed by atoms with Crippen molar-refractivity contribution in [1.29, 1.82) is 0 Å². The summed E-state index contributed by atoms with van der Waals surface area (Å²) in [7, 11) is 0. The highest BCUT2D eigenvalue weighted by Gasteiger charge is 2.07. The lowest BCUT2D eigenvalue weighted by atomic mass is 10.2. The normalized spacial score (nSPS) is 10.8. The van der Waals surface area contributed by atoms with E-state index in [-0.39, 0.29) is 5.69 Å². The number of nitro groups is 1. The van der Waals surface area contributed by atoms with Gasteiger partial charge in [0, 0.05) is 27.2 Å². The highest BCUT2D eigenvalue weighted by atomic mass is 79.9. The van der Waals surface area contributed by atoms with Crippen LogP contribution in [-0.2, 0) is 6.54 Å².